The smallest absolute Gasteiger partial charge is 0.306 e. The van der Waals surface area contributed by atoms with Gasteiger partial charge in [0.25, 0.3) is 0 Å². The quantitative estimate of drug-likeness (QED) is 0.0199. The van der Waals surface area contributed by atoms with E-state index in [1.54, 1.807) is 0 Å². The van der Waals surface area contributed by atoms with E-state index in [2.05, 4.69) is 112 Å². The molecule has 0 aliphatic heterocycles. The molecule has 0 aliphatic carbocycles. The average Bonchev–Trinajstić information content (AvgIpc) is 3.33. The number of ether oxygens (including phenoxy) is 3. The summed E-state index contributed by atoms with van der Waals surface area (Å²) in [6.07, 6.45) is 76.9. The van der Waals surface area contributed by atoms with Gasteiger partial charge >= 0.3 is 17.9 Å². The Balaban J connectivity index is 4.57. The van der Waals surface area contributed by atoms with Crippen LogP contribution in [0.4, 0.5) is 0 Å². The molecule has 67 heavy (non-hydrogen) atoms. The first-order valence-corrected chi connectivity index (χ1v) is 26.4. The largest absolute Gasteiger partial charge is 0.462 e. The normalized spacial score (nSPS) is 13.3. The van der Waals surface area contributed by atoms with E-state index in [9.17, 15) is 14.4 Å². The van der Waals surface area contributed by atoms with Crippen LogP contribution in [0.25, 0.3) is 0 Å². The Morgan fingerprint density at radius 3 is 1.15 bits per heavy atom. The van der Waals surface area contributed by atoms with Crippen molar-refractivity contribution >= 4 is 17.9 Å². The molecule has 0 aliphatic rings. The summed E-state index contributed by atoms with van der Waals surface area (Å²) in [6.45, 7) is 6.23. The maximum absolute atomic E-state index is 12.8. The van der Waals surface area contributed by atoms with Gasteiger partial charge in [-0.05, 0) is 109 Å². The van der Waals surface area contributed by atoms with Gasteiger partial charge < -0.3 is 14.2 Å². The van der Waals surface area contributed by atoms with Crippen LogP contribution in [0.2, 0.25) is 0 Å². The van der Waals surface area contributed by atoms with Crippen molar-refractivity contribution in [3.63, 3.8) is 0 Å². The Kier molecular flexibility index (Phi) is 50.1. The monoisotopic (exact) mass is 923 g/mol. The Hall–Kier alpha value is -4.71. The highest BCUT2D eigenvalue weighted by atomic mass is 16.6. The molecular weight excluding hydrogens is 829 g/mol. The van der Waals surface area contributed by atoms with E-state index in [0.29, 0.717) is 12.8 Å². The molecule has 1 unspecified atom stereocenters. The number of rotatable bonds is 45. The van der Waals surface area contributed by atoms with Crippen molar-refractivity contribution in [2.75, 3.05) is 13.2 Å². The van der Waals surface area contributed by atoms with Crippen LogP contribution in [0.1, 0.15) is 201 Å². The van der Waals surface area contributed by atoms with Gasteiger partial charge in [0.15, 0.2) is 6.10 Å². The Morgan fingerprint density at radius 1 is 0.328 bits per heavy atom. The molecule has 0 aromatic heterocycles. The maximum atomic E-state index is 12.8. The summed E-state index contributed by atoms with van der Waals surface area (Å²) in [5.74, 6) is -1.05. The van der Waals surface area contributed by atoms with E-state index in [0.717, 1.165) is 109 Å². The predicted molar refractivity (Wildman–Crippen MR) is 288 cm³/mol. The molecular formula is C61H94O6. The topological polar surface area (TPSA) is 78.9 Å². The molecule has 374 valence electrons. The number of esters is 3. The molecule has 0 saturated carbocycles. The van der Waals surface area contributed by atoms with Crippen molar-refractivity contribution in [3.05, 3.63) is 146 Å². The molecule has 0 aromatic carbocycles. The first-order chi connectivity index (χ1) is 33.0. The van der Waals surface area contributed by atoms with E-state index in [-0.39, 0.29) is 44.0 Å². The second kappa shape index (κ2) is 53.9. The Bertz CT molecular complexity index is 1530. The minimum absolute atomic E-state index is 0.127. The van der Waals surface area contributed by atoms with Crippen molar-refractivity contribution in [3.8, 4) is 0 Å². The summed E-state index contributed by atoms with van der Waals surface area (Å²) in [7, 11) is 0. The molecule has 0 bridgehead atoms. The van der Waals surface area contributed by atoms with Gasteiger partial charge in [0.05, 0.1) is 0 Å². The molecule has 6 nitrogen and oxygen atoms in total. The van der Waals surface area contributed by atoms with Crippen LogP contribution in [-0.2, 0) is 28.6 Å². The van der Waals surface area contributed by atoms with E-state index in [4.69, 9.17) is 14.2 Å². The van der Waals surface area contributed by atoms with Gasteiger partial charge in [0, 0.05) is 19.3 Å². The SMILES string of the molecule is CC\C=C/C=C\C=C/C=C\C=C/CCCC(=O)OCC(COC(=O)CCCCC/C=C\C/C=C\C/C=C\C/C=C\C/C=C\CC)OC(=O)CCCCCCCCC/C=C\C/C=C\CCCCC. The van der Waals surface area contributed by atoms with Crippen molar-refractivity contribution in [1.82, 2.24) is 0 Å². The zero-order chi connectivity index (χ0) is 48.6. The van der Waals surface area contributed by atoms with E-state index in [1.807, 2.05) is 54.7 Å². The fraction of sp³-hybridized carbons (Fsp3) is 0.557. The molecule has 0 rings (SSSR count). The van der Waals surface area contributed by atoms with Crippen molar-refractivity contribution < 1.29 is 28.6 Å². The van der Waals surface area contributed by atoms with E-state index >= 15 is 0 Å². The summed E-state index contributed by atoms with van der Waals surface area (Å²) < 4.78 is 16.7. The fourth-order valence-corrected chi connectivity index (χ4v) is 6.53. The Morgan fingerprint density at radius 2 is 0.672 bits per heavy atom. The minimum atomic E-state index is -0.831. The van der Waals surface area contributed by atoms with Gasteiger partial charge in [0.1, 0.15) is 13.2 Å². The Labute approximate surface area is 410 Å². The third-order valence-electron chi connectivity index (χ3n) is 10.4. The van der Waals surface area contributed by atoms with Crippen LogP contribution in [0, 0.1) is 0 Å². The summed E-state index contributed by atoms with van der Waals surface area (Å²) >= 11 is 0. The molecule has 1 atom stereocenters. The molecule has 0 N–H and O–H groups in total. The molecule has 6 heteroatoms. The second-order valence-corrected chi connectivity index (χ2v) is 16.8. The first-order valence-electron chi connectivity index (χ1n) is 26.4. The molecule has 0 aromatic rings. The van der Waals surface area contributed by atoms with Crippen LogP contribution in [0.15, 0.2) is 146 Å². The number of carbonyl (C=O) groups excluding carboxylic acids is 3. The van der Waals surface area contributed by atoms with Crippen LogP contribution < -0.4 is 0 Å². The first kappa shape index (κ1) is 62.3. The fourth-order valence-electron chi connectivity index (χ4n) is 6.53. The van der Waals surface area contributed by atoms with Crippen molar-refractivity contribution in [2.24, 2.45) is 0 Å². The zero-order valence-electron chi connectivity index (χ0n) is 42.6. The number of allylic oxidation sites excluding steroid dienone is 24. The lowest BCUT2D eigenvalue weighted by Gasteiger charge is -2.18. The predicted octanol–water partition coefficient (Wildman–Crippen LogP) is 17.6. The van der Waals surface area contributed by atoms with Crippen molar-refractivity contribution in [1.29, 1.82) is 0 Å². The summed E-state index contributed by atoms with van der Waals surface area (Å²) in [4.78, 5) is 38.0. The van der Waals surface area contributed by atoms with Gasteiger partial charge in [-0.25, -0.2) is 0 Å². The summed E-state index contributed by atoms with van der Waals surface area (Å²) in [5, 5.41) is 0. The van der Waals surface area contributed by atoms with Gasteiger partial charge in [-0.15, -0.1) is 0 Å². The molecule has 0 spiro atoms. The standard InChI is InChI=1S/C61H94O6/c1-4-7-10-13-16-19-22-25-27-29-30-32-33-36-39-42-45-48-51-54-60(63)66-57-58(56-65-59(62)53-50-47-44-41-38-35-24-21-18-15-12-9-6-3)67-61(64)55-52-49-46-43-40-37-34-31-28-26-23-20-17-14-11-8-5-2/h7,9-10,12,15-21,24-28,30,32,35-36,38-39,41,44,58H,4-6,8,11,13-14,22-23,29,31,33-34,37,40,42-43,45-57H2,1-3H3/b10-7-,12-9-,18-15-,19-16-,20-17-,24-21-,27-25-,28-26-,32-30-,38-35-,39-36-,44-41-. The lowest BCUT2D eigenvalue weighted by atomic mass is 10.1. The molecule has 0 radical (unpaired) electrons. The van der Waals surface area contributed by atoms with Gasteiger partial charge in [-0.1, -0.05) is 218 Å². The molecule has 0 saturated heterocycles. The maximum Gasteiger partial charge on any atom is 0.306 e. The minimum Gasteiger partial charge on any atom is -0.462 e. The molecule has 0 fully saturated rings. The lowest BCUT2D eigenvalue weighted by molar-refractivity contribution is -0.167. The molecule has 0 amide bonds. The van der Waals surface area contributed by atoms with Gasteiger partial charge in [0.2, 0.25) is 0 Å². The van der Waals surface area contributed by atoms with E-state index in [1.165, 1.54) is 44.9 Å². The summed E-state index contributed by atoms with van der Waals surface area (Å²) in [5.41, 5.74) is 0. The van der Waals surface area contributed by atoms with Gasteiger partial charge in [-0.3, -0.25) is 14.4 Å². The molecule has 0 heterocycles. The highest BCUT2D eigenvalue weighted by Gasteiger charge is 2.19. The summed E-state index contributed by atoms with van der Waals surface area (Å²) in [6, 6.07) is 0. The number of hydrogen-bond donors (Lipinski definition) is 0. The highest BCUT2D eigenvalue weighted by Crippen LogP contribution is 2.13. The average molecular weight is 923 g/mol. The number of carbonyl (C=O) groups is 3. The van der Waals surface area contributed by atoms with E-state index < -0.39 is 6.10 Å². The van der Waals surface area contributed by atoms with Crippen LogP contribution >= 0.6 is 0 Å². The number of unbranched alkanes of at least 4 members (excludes halogenated alkanes) is 14. The van der Waals surface area contributed by atoms with Crippen LogP contribution in [-0.4, -0.2) is 37.2 Å². The zero-order valence-corrected chi connectivity index (χ0v) is 42.6. The van der Waals surface area contributed by atoms with Crippen LogP contribution in [0.5, 0.6) is 0 Å². The second-order valence-electron chi connectivity index (χ2n) is 16.8. The number of hydrogen-bond acceptors (Lipinski definition) is 6. The third kappa shape index (κ3) is 52.1. The lowest BCUT2D eigenvalue weighted by Crippen LogP contribution is -2.30. The van der Waals surface area contributed by atoms with Crippen molar-refractivity contribution in [2.45, 2.75) is 207 Å². The van der Waals surface area contributed by atoms with Crippen LogP contribution in [0.3, 0.4) is 0 Å². The van der Waals surface area contributed by atoms with Gasteiger partial charge in [-0.2, -0.15) is 0 Å². The highest BCUT2D eigenvalue weighted by molar-refractivity contribution is 5.71. The third-order valence-corrected chi connectivity index (χ3v) is 10.4.